The number of carbonyl (C=O) groups is 1. The number of hydrogen-bond acceptors (Lipinski definition) is 3. The van der Waals surface area contributed by atoms with Crippen LogP contribution >= 0.6 is 0 Å². The second kappa shape index (κ2) is 5.08. The number of hydrogen-bond donors (Lipinski definition) is 1. The Morgan fingerprint density at radius 2 is 1.94 bits per heavy atom. The summed E-state index contributed by atoms with van der Waals surface area (Å²) in [5.41, 5.74) is 0.608. The minimum absolute atomic E-state index is 0.138. The van der Waals surface area contributed by atoms with Crippen LogP contribution in [0.15, 0.2) is 30.3 Å². The maximum Gasteiger partial charge on any atom is 0.270 e. The van der Waals surface area contributed by atoms with Gasteiger partial charge in [0.25, 0.3) is 5.91 Å². The van der Waals surface area contributed by atoms with Crippen molar-refractivity contribution in [3.63, 3.8) is 0 Å². The van der Waals surface area contributed by atoms with Gasteiger partial charge in [-0.3, -0.25) is 4.79 Å². The lowest BCUT2D eigenvalue weighted by Gasteiger charge is -2.35. The Labute approximate surface area is 108 Å². The monoisotopic (exact) mass is 248 g/mol. The molecule has 0 aromatic heterocycles. The van der Waals surface area contributed by atoms with E-state index in [1.165, 1.54) is 5.01 Å². The lowest BCUT2D eigenvalue weighted by molar-refractivity contribution is -0.0780. The van der Waals surface area contributed by atoms with Crippen molar-refractivity contribution in [2.75, 3.05) is 0 Å². The first kappa shape index (κ1) is 13.1. The Morgan fingerprint density at radius 3 is 2.50 bits per heavy atom. The van der Waals surface area contributed by atoms with Gasteiger partial charge in [0.15, 0.2) is 0 Å². The van der Waals surface area contributed by atoms with Crippen LogP contribution in [0, 0.1) is 0 Å². The zero-order chi connectivity index (χ0) is 13.3. The van der Waals surface area contributed by atoms with Crippen LogP contribution in [0.2, 0.25) is 0 Å². The fourth-order valence-electron chi connectivity index (χ4n) is 2.59. The third-order valence-corrected chi connectivity index (χ3v) is 3.29. The summed E-state index contributed by atoms with van der Waals surface area (Å²) in [6, 6.07) is 9.45. The van der Waals surface area contributed by atoms with E-state index in [9.17, 15) is 9.90 Å². The van der Waals surface area contributed by atoms with Crippen molar-refractivity contribution >= 4 is 5.91 Å². The normalized spacial score (nSPS) is 24.8. The molecular formula is C14H20N2O2. The number of aliphatic hydroxyl groups excluding tert-OH is 1. The van der Waals surface area contributed by atoms with Crippen LogP contribution in [0.4, 0.5) is 0 Å². The highest BCUT2D eigenvalue weighted by Gasteiger charge is 2.40. The lowest BCUT2D eigenvalue weighted by Crippen LogP contribution is -2.50. The second-order valence-corrected chi connectivity index (χ2v) is 5.05. The summed E-state index contributed by atoms with van der Waals surface area (Å²) < 4.78 is 0. The van der Waals surface area contributed by atoms with Gasteiger partial charge in [-0.2, -0.15) is 0 Å². The molecule has 1 aliphatic heterocycles. The molecule has 18 heavy (non-hydrogen) atoms. The predicted octanol–water partition coefficient (Wildman–Crippen LogP) is 1.86. The summed E-state index contributed by atoms with van der Waals surface area (Å²) in [4.78, 5) is 12.4. The Hall–Kier alpha value is -1.39. The number of aliphatic hydroxyl groups is 1. The van der Waals surface area contributed by atoms with Crippen molar-refractivity contribution in [3.8, 4) is 0 Å². The number of nitrogens with zero attached hydrogens (tertiary/aromatic N) is 2. The molecule has 1 amide bonds. The van der Waals surface area contributed by atoms with E-state index >= 15 is 0 Å². The second-order valence-electron chi connectivity index (χ2n) is 5.05. The highest BCUT2D eigenvalue weighted by Crippen LogP contribution is 2.27. The molecule has 1 fully saturated rings. The minimum Gasteiger partial charge on any atom is -0.372 e. The fraction of sp³-hybridized carbons (Fsp3) is 0.500. The predicted molar refractivity (Wildman–Crippen MR) is 69.7 cm³/mol. The molecular weight excluding hydrogens is 228 g/mol. The van der Waals surface area contributed by atoms with Gasteiger partial charge in [0, 0.05) is 24.1 Å². The van der Waals surface area contributed by atoms with Crippen LogP contribution in [0.25, 0.3) is 0 Å². The average Bonchev–Trinajstić information content (AvgIpc) is 2.64. The van der Waals surface area contributed by atoms with Gasteiger partial charge in [0.05, 0.1) is 0 Å². The van der Waals surface area contributed by atoms with E-state index in [1.54, 1.807) is 12.1 Å². The van der Waals surface area contributed by atoms with E-state index in [2.05, 4.69) is 0 Å². The Bertz CT molecular complexity index is 419. The molecule has 0 saturated carbocycles. The Balaban J connectivity index is 2.28. The summed E-state index contributed by atoms with van der Waals surface area (Å²) in [5.74, 6) is -0.138. The van der Waals surface area contributed by atoms with Crippen molar-refractivity contribution in [2.45, 2.75) is 45.5 Å². The zero-order valence-electron chi connectivity index (χ0n) is 11.1. The van der Waals surface area contributed by atoms with E-state index in [0.29, 0.717) is 12.0 Å². The molecule has 1 N–H and O–H groups in total. The summed E-state index contributed by atoms with van der Waals surface area (Å²) in [6.45, 7) is 6.08. The van der Waals surface area contributed by atoms with Gasteiger partial charge in [0.1, 0.15) is 6.23 Å². The lowest BCUT2D eigenvalue weighted by atomic mass is 10.2. The molecule has 98 valence electrons. The van der Waals surface area contributed by atoms with Gasteiger partial charge in [-0.05, 0) is 32.9 Å². The number of rotatable bonds is 2. The molecule has 0 bridgehead atoms. The molecule has 4 nitrogen and oxygen atoms in total. The third-order valence-electron chi connectivity index (χ3n) is 3.29. The summed E-state index contributed by atoms with van der Waals surface area (Å²) in [5, 5.41) is 13.5. The molecule has 0 spiro atoms. The van der Waals surface area contributed by atoms with Crippen molar-refractivity contribution in [3.05, 3.63) is 35.9 Å². The largest absolute Gasteiger partial charge is 0.372 e. The van der Waals surface area contributed by atoms with Gasteiger partial charge in [-0.25, -0.2) is 10.0 Å². The van der Waals surface area contributed by atoms with Gasteiger partial charge < -0.3 is 5.11 Å². The maximum absolute atomic E-state index is 12.4. The van der Waals surface area contributed by atoms with Crippen LogP contribution in [0.1, 0.15) is 37.6 Å². The molecule has 0 aliphatic carbocycles. The molecule has 4 heteroatoms. The van der Waals surface area contributed by atoms with Crippen molar-refractivity contribution in [1.29, 1.82) is 0 Å². The van der Waals surface area contributed by atoms with Crippen molar-refractivity contribution < 1.29 is 9.90 Å². The number of benzene rings is 1. The molecule has 2 rings (SSSR count). The third kappa shape index (κ3) is 2.26. The van der Waals surface area contributed by atoms with Gasteiger partial charge >= 0.3 is 0 Å². The first-order valence-corrected chi connectivity index (χ1v) is 6.37. The first-order chi connectivity index (χ1) is 8.52. The maximum atomic E-state index is 12.4. The van der Waals surface area contributed by atoms with Crippen LogP contribution in [-0.4, -0.2) is 39.3 Å². The quantitative estimate of drug-likeness (QED) is 0.869. The SMILES string of the molecule is CC(C)N1[C@H](C)C[C@@H](O)N1C(=O)c1ccccc1. The van der Waals surface area contributed by atoms with E-state index in [-0.39, 0.29) is 18.0 Å². The fourth-order valence-corrected chi connectivity index (χ4v) is 2.59. The summed E-state index contributed by atoms with van der Waals surface area (Å²) >= 11 is 0. The number of amides is 1. The standard InChI is InChI=1S/C14H20N2O2/c1-10(2)15-11(3)9-13(17)16(15)14(18)12-7-5-4-6-8-12/h4-8,10-11,13,17H,9H2,1-3H3/t11-,13-/m1/s1. The van der Waals surface area contributed by atoms with Crippen LogP contribution in [-0.2, 0) is 0 Å². The Morgan fingerprint density at radius 1 is 1.33 bits per heavy atom. The minimum atomic E-state index is -0.727. The van der Waals surface area contributed by atoms with E-state index in [0.717, 1.165) is 0 Å². The molecule has 0 unspecified atom stereocenters. The van der Waals surface area contributed by atoms with Crippen molar-refractivity contribution in [1.82, 2.24) is 10.0 Å². The van der Waals surface area contributed by atoms with Crippen LogP contribution in [0.5, 0.6) is 0 Å². The summed E-state index contributed by atoms with van der Waals surface area (Å²) in [7, 11) is 0. The number of hydrazine groups is 1. The molecule has 1 aliphatic rings. The van der Waals surface area contributed by atoms with Crippen molar-refractivity contribution in [2.24, 2.45) is 0 Å². The first-order valence-electron chi connectivity index (χ1n) is 6.37. The van der Waals surface area contributed by atoms with Crippen LogP contribution < -0.4 is 0 Å². The zero-order valence-corrected chi connectivity index (χ0v) is 11.1. The highest BCUT2D eigenvalue weighted by molar-refractivity contribution is 5.94. The molecule has 0 radical (unpaired) electrons. The van der Waals surface area contributed by atoms with E-state index < -0.39 is 6.23 Å². The molecule has 1 aromatic rings. The highest BCUT2D eigenvalue weighted by atomic mass is 16.3. The average molecular weight is 248 g/mol. The van der Waals surface area contributed by atoms with E-state index in [4.69, 9.17) is 0 Å². The molecule has 2 atom stereocenters. The molecule has 1 aromatic carbocycles. The molecule has 1 heterocycles. The smallest absolute Gasteiger partial charge is 0.270 e. The molecule has 1 saturated heterocycles. The topological polar surface area (TPSA) is 43.8 Å². The van der Waals surface area contributed by atoms with E-state index in [1.807, 2.05) is 44.0 Å². The Kier molecular flexibility index (Phi) is 3.68. The van der Waals surface area contributed by atoms with Crippen LogP contribution in [0.3, 0.4) is 0 Å². The van der Waals surface area contributed by atoms with Gasteiger partial charge in [-0.15, -0.1) is 0 Å². The summed E-state index contributed by atoms with van der Waals surface area (Å²) in [6.07, 6.45) is -0.133. The number of carbonyl (C=O) groups excluding carboxylic acids is 1. The van der Waals surface area contributed by atoms with Gasteiger partial charge in [0.2, 0.25) is 0 Å². The van der Waals surface area contributed by atoms with Gasteiger partial charge in [-0.1, -0.05) is 18.2 Å².